The molecule has 0 heterocycles. The van der Waals surface area contributed by atoms with Gasteiger partial charge in [-0.15, -0.1) is 0 Å². The number of nitrogens with zero attached hydrogens (tertiary/aromatic N) is 1. The Kier molecular flexibility index (Phi) is 4.35. The SMILES string of the molecule is CC1CCC(NCc2cc(Br)cc([N+](=O)[O-])c2)C1. The smallest absolute Gasteiger partial charge is 0.270 e. The second-order valence-corrected chi connectivity index (χ2v) is 5.99. The van der Waals surface area contributed by atoms with E-state index in [9.17, 15) is 10.1 Å². The number of halogens is 1. The van der Waals surface area contributed by atoms with Gasteiger partial charge in [-0.25, -0.2) is 0 Å². The number of rotatable bonds is 4. The standard InChI is InChI=1S/C13H17BrN2O2/c1-9-2-3-12(4-9)15-8-10-5-11(14)7-13(6-10)16(17)18/h5-7,9,12,15H,2-4,8H2,1H3. The van der Waals surface area contributed by atoms with Crippen LogP contribution < -0.4 is 5.32 Å². The maximum absolute atomic E-state index is 10.8. The van der Waals surface area contributed by atoms with Crippen molar-refractivity contribution in [1.82, 2.24) is 5.32 Å². The summed E-state index contributed by atoms with van der Waals surface area (Å²) in [6, 6.07) is 5.65. The third-order valence-electron chi connectivity index (χ3n) is 3.44. The highest BCUT2D eigenvalue weighted by Gasteiger charge is 2.20. The lowest BCUT2D eigenvalue weighted by Crippen LogP contribution is -2.25. The Bertz CT molecular complexity index is 451. The Morgan fingerprint density at radius 2 is 2.22 bits per heavy atom. The lowest BCUT2D eigenvalue weighted by molar-refractivity contribution is -0.385. The van der Waals surface area contributed by atoms with Gasteiger partial charge in [0.2, 0.25) is 0 Å². The molecule has 18 heavy (non-hydrogen) atoms. The minimum atomic E-state index is -0.355. The number of non-ortho nitro benzene ring substituents is 1. The van der Waals surface area contributed by atoms with E-state index in [-0.39, 0.29) is 10.6 Å². The number of nitrogens with one attached hydrogen (secondary N) is 1. The minimum absolute atomic E-state index is 0.140. The van der Waals surface area contributed by atoms with Gasteiger partial charge in [0, 0.05) is 29.2 Å². The zero-order valence-corrected chi connectivity index (χ0v) is 11.9. The van der Waals surface area contributed by atoms with E-state index >= 15 is 0 Å². The maximum Gasteiger partial charge on any atom is 0.270 e. The molecule has 4 nitrogen and oxygen atoms in total. The van der Waals surface area contributed by atoms with Crippen LogP contribution >= 0.6 is 15.9 Å². The number of hydrogen-bond acceptors (Lipinski definition) is 3. The molecule has 0 spiro atoms. The van der Waals surface area contributed by atoms with Gasteiger partial charge >= 0.3 is 0 Å². The molecule has 1 aliphatic carbocycles. The van der Waals surface area contributed by atoms with E-state index in [1.807, 2.05) is 6.07 Å². The Morgan fingerprint density at radius 3 is 2.83 bits per heavy atom. The molecule has 1 aromatic rings. The second kappa shape index (κ2) is 5.80. The van der Waals surface area contributed by atoms with Gasteiger partial charge in [-0.05, 0) is 36.8 Å². The molecule has 98 valence electrons. The van der Waals surface area contributed by atoms with Crippen molar-refractivity contribution in [2.24, 2.45) is 5.92 Å². The van der Waals surface area contributed by atoms with Crippen LogP contribution in [0, 0.1) is 16.0 Å². The van der Waals surface area contributed by atoms with Gasteiger partial charge in [0.25, 0.3) is 5.69 Å². The van der Waals surface area contributed by atoms with Crippen molar-refractivity contribution in [3.63, 3.8) is 0 Å². The summed E-state index contributed by atoms with van der Waals surface area (Å²) in [6.45, 7) is 2.96. The molecular formula is C13H17BrN2O2. The molecule has 0 amide bonds. The van der Waals surface area contributed by atoms with Crippen molar-refractivity contribution >= 4 is 21.6 Å². The first-order chi connectivity index (χ1) is 8.54. The summed E-state index contributed by atoms with van der Waals surface area (Å²) < 4.78 is 0.758. The van der Waals surface area contributed by atoms with Gasteiger partial charge in [0.15, 0.2) is 0 Å². The van der Waals surface area contributed by atoms with Crippen LogP contribution in [0.1, 0.15) is 31.7 Å². The number of hydrogen-bond donors (Lipinski definition) is 1. The average Bonchev–Trinajstić information content (AvgIpc) is 2.72. The molecular weight excluding hydrogens is 296 g/mol. The van der Waals surface area contributed by atoms with Crippen molar-refractivity contribution in [3.8, 4) is 0 Å². The van der Waals surface area contributed by atoms with Crippen LogP contribution in [0.2, 0.25) is 0 Å². The van der Waals surface area contributed by atoms with Crippen molar-refractivity contribution in [2.75, 3.05) is 0 Å². The molecule has 0 radical (unpaired) electrons. The van der Waals surface area contributed by atoms with E-state index in [1.165, 1.54) is 25.3 Å². The molecule has 0 saturated heterocycles. The normalized spacial score (nSPS) is 23.2. The van der Waals surface area contributed by atoms with Crippen LogP contribution in [0.25, 0.3) is 0 Å². The lowest BCUT2D eigenvalue weighted by Gasteiger charge is -2.12. The first-order valence-corrected chi connectivity index (χ1v) is 7.01. The monoisotopic (exact) mass is 312 g/mol. The van der Waals surface area contributed by atoms with Gasteiger partial charge in [-0.2, -0.15) is 0 Å². The largest absolute Gasteiger partial charge is 0.310 e. The molecule has 1 saturated carbocycles. The van der Waals surface area contributed by atoms with E-state index in [0.717, 1.165) is 16.0 Å². The molecule has 1 aromatic carbocycles. The van der Waals surface area contributed by atoms with Crippen LogP contribution in [0.5, 0.6) is 0 Å². The summed E-state index contributed by atoms with van der Waals surface area (Å²) in [6.07, 6.45) is 3.68. The summed E-state index contributed by atoms with van der Waals surface area (Å²) in [7, 11) is 0. The topological polar surface area (TPSA) is 55.2 Å². The Morgan fingerprint density at radius 1 is 1.44 bits per heavy atom. The highest BCUT2D eigenvalue weighted by Crippen LogP contribution is 2.26. The molecule has 1 N–H and O–H groups in total. The van der Waals surface area contributed by atoms with Gasteiger partial charge < -0.3 is 5.32 Å². The molecule has 0 bridgehead atoms. The van der Waals surface area contributed by atoms with Crippen LogP contribution in [-0.4, -0.2) is 11.0 Å². The van der Waals surface area contributed by atoms with E-state index in [2.05, 4.69) is 28.2 Å². The Labute approximate surface area is 115 Å². The number of benzene rings is 1. The van der Waals surface area contributed by atoms with Crippen molar-refractivity contribution in [2.45, 2.75) is 38.8 Å². The molecule has 0 aromatic heterocycles. The van der Waals surface area contributed by atoms with Gasteiger partial charge in [-0.3, -0.25) is 10.1 Å². The lowest BCUT2D eigenvalue weighted by atomic mass is 10.1. The molecule has 2 atom stereocenters. The molecule has 5 heteroatoms. The predicted octanol–water partition coefficient (Wildman–Crippen LogP) is 3.64. The number of nitro benzene ring substituents is 1. The molecule has 1 aliphatic rings. The quantitative estimate of drug-likeness (QED) is 0.682. The van der Waals surface area contributed by atoms with E-state index in [0.29, 0.717) is 12.6 Å². The molecule has 2 rings (SSSR count). The van der Waals surface area contributed by atoms with Crippen molar-refractivity contribution in [3.05, 3.63) is 38.3 Å². The first-order valence-electron chi connectivity index (χ1n) is 6.22. The maximum atomic E-state index is 10.8. The van der Waals surface area contributed by atoms with Crippen LogP contribution in [0.15, 0.2) is 22.7 Å². The Hall–Kier alpha value is -0.940. The molecule has 1 fully saturated rings. The summed E-state index contributed by atoms with van der Waals surface area (Å²) in [5.74, 6) is 0.791. The predicted molar refractivity (Wildman–Crippen MR) is 74.4 cm³/mol. The summed E-state index contributed by atoms with van der Waals surface area (Å²) >= 11 is 3.31. The summed E-state index contributed by atoms with van der Waals surface area (Å²) in [5, 5.41) is 14.3. The number of nitro groups is 1. The minimum Gasteiger partial charge on any atom is -0.310 e. The van der Waals surface area contributed by atoms with Crippen molar-refractivity contribution < 1.29 is 4.92 Å². The molecule has 2 unspecified atom stereocenters. The highest BCUT2D eigenvalue weighted by molar-refractivity contribution is 9.10. The Balaban J connectivity index is 1.98. The fraction of sp³-hybridized carbons (Fsp3) is 0.538. The fourth-order valence-corrected chi connectivity index (χ4v) is 3.02. The zero-order valence-electron chi connectivity index (χ0n) is 10.4. The van der Waals surface area contributed by atoms with Crippen LogP contribution in [0.3, 0.4) is 0 Å². The van der Waals surface area contributed by atoms with Gasteiger partial charge in [0.1, 0.15) is 0 Å². The average molecular weight is 313 g/mol. The summed E-state index contributed by atoms with van der Waals surface area (Å²) in [4.78, 5) is 10.4. The van der Waals surface area contributed by atoms with Crippen LogP contribution in [-0.2, 0) is 6.54 Å². The second-order valence-electron chi connectivity index (χ2n) is 5.07. The van der Waals surface area contributed by atoms with E-state index < -0.39 is 0 Å². The van der Waals surface area contributed by atoms with Gasteiger partial charge in [-0.1, -0.05) is 22.9 Å². The third kappa shape index (κ3) is 3.53. The highest BCUT2D eigenvalue weighted by atomic mass is 79.9. The zero-order chi connectivity index (χ0) is 13.1. The van der Waals surface area contributed by atoms with Gasteiger partial charge in [0.05, 0.1) is 4.92 Å². The fourth-order valence-electron chi connectivity index (χ4n) is 2.50. The van der Waals surface area contributed by atoms with Crippen molar-refractivity contribution in [1.29, 1.82) is 0 Å². The first kappa shape index (κ1) is 13.5. The molecule has 0 aliphatic heterocycles. The van der Waals surface area contributed by atoms with Crippen LogP contribution in [0.4, 0.5) is 5.69 Å². The van der Waals surface area contributed by atoms with E-state index in [4.69, 9.17) is 0 Å². The van der Waals surface area contributed by atoms with E-state index in [1.54, 1.807) is 6.07 Å². The third-order valence-corrected chi connectivity index (χ3v) is 3.90. The summed E-state index contributed by atoms with van der Waals surface area (Å²) in [5.41, 5.74) is 1.09.